The van der Waals surface area contributed by atoms with Crippen LogP contribution in [0.5, 0.6) is 0 Å². The third kappa shape index (κ3) is 3.58. The van der Waals surface area contributed by atoms with E-state index in [0.717, 1.165) is 29.5 Å². The average Bonchev–Trinajstić information content (AvgIpc) is 2.99. The van der Waals surface area contributed by atoms with Gasteiger partial charge in [0.1, 0.15) is 5.58 Å². The van der Waals surface area contributed by atoms with Crippen molar-refractivity contribution in [3.05, 3.63) is 80.2 Å². The standard InChI is InChI=1S/C27H31NO3/c1-7-8-13-28-22(18-9-11-19(12-10-18)27(4,5)6)21-23(29)20-15-16(2)14-17(3)24(20)31-25(21)26(28)30/h9-12,14-15,22H,7-8,13H2,1-6H3. The minimum absolute atomic E-state index is 0.0358. The van der Waals surface area contributed by atoms with Crippen LogP contribution in [0.15, 0.2) is 45.6 Å². The van der Waals surface area contributed by atoms with Crippen LogP contribution in [0.2, 0.25) is 0 Å². The van der Waals surface area contributed by atoms with E-state index in [1.165, 1.54) is 5.56 Å². The molecule has 31 heavy (non-hydrogen) atoms. The molecule has 1 unspecified atom stereocenters. The van der Waals surface area contributed by atoms with Gasteiger partial charge in [0.2, 0.25) is 5.76 Å². The maximum absolute atomic E-state index is 13.7. The van der Waals surface area contributed by atoms with Gasteiger partial charge in [0.05, 0.1) is 17.0 Å². The summed E-state index contributed by atoms with van der Waals surface area (Å²) in [6.45, 7) is 13.1. The van der Waals surface area contributed by atoms with Crippen LogP contribution >= 0.6 is 0 Å². The average molecular weight is 418 g/mol. The monoisotopic (exact) mass is 417 g/mol. The molecule has 0 spiro atoms. The van der Waals surface area contributed by atoms with Gasteiger partial charge in [0, 0.05) is 6.54 Å². The van der Waals surface area contributed by atoms with E-state index in [4.69, 9.17) is 4.42 Å². The summed E-state index contributed by atoms with van der Waals surface area (Å²) in [7, 11) is 0. The fourth-order valence-corrected chi connectivity index (χ4v) is 4.55. The molecule has 0 saturated heterocycles. The Labute approximate surface area is 183 Å². The molecule has 0 bridgehead atoms. The molecule has 4 nitrogen and oxygen atoms in total. The van der Waals surface area contributed by atoms with E-state index in [0.29, 0.717) is 23.1 Å². The Kier molecular flexibility index (Phi) is 5.28. The zero-order chi connectivity index (χ0) is 22.5. The largest absolute Gasteiger partial charge is 0.450 e. The van der Waals surface area contributed by atoms with E-state index < -0.39 is 6.04 Å². The van der Waals surface area contributed by atoms with Crippen LogP contribution in [-0.4, -0.2) is 17.4 Å². The molecule has 1 aromatic heterocycles. The number of hydrogen-bond acceptors (Lipinski definition) is 3. The minimum Gasteiger partial charge on any atom is -0.450 e. The summed E-state index contributed by atoms with van der Waals surface area (Å²) in [5.41, 5.74) is 4.99. The predicted octanol–water partition coefficient (Wildman–Crippen LogP) is 6.05. The van der Waals surface area contributed by atoms with Gasteiger partial charge in [0.15, 0.2) is 5.43 Å². The van der Waals surface area contributed by atoms with Crippen molar-refractivity contribution in [3.63, 3.8) is 0 Å². The first-order valence-electron chi connectivity index (χ1n) is 11.1. The summed E-state index contributed by atoms with van der Waals surface area (Å²) in [6.07, 6.45) is 1.85. The number of rotatable bonds is 4. The normalized spacial score (nSPS) is 16.3. The lowest BCUT2D eigenvalue weighted by Crippen LogP contribution is -2.30. The number of carbonyl (C=O) groups excluding carboxylic acids is 1. The molecule has 1 atom stereocenters. The minimum atomic E-state index is -0.412. The topological polar surface area (TPSA) is 50.5 Å². The summed E-state index contributed by atoms with van der Waals surface area (Å²) < 4.78 is 6.13. The molecule has 3 aromatic rings. The molecule has 2 aromatic carbocycles. The van der Waals surface area contributed by atoms with E-state index in [9.17, 15) is 9.59 Å². The molecule has 0 fully saturated rings. The van der Waals surface area contributed by atoms with Gasteiger partial charge >= 0.3 is 0 Å². The Morgan fingerprint density at radius 2 is 1.71 bits per heavy atom. The van der Waals surface area contributed by atoms with Gasteiger partial charge in [0.25, 0.3) is 5.91 Å². The van der Waals surface area contributed by atoms with Crippen molar-refractivity contribution in [1.29, 1.82) is 0 Å². The van der Waals surface area contributed by atoms with Crippen molar-refractivity contribution >= 4 is 16.9 Å². The number of nitrogens with zero attached hydrogens (tertiary/aromatic N) is 1. The van der Waals surface area contributed by atoms with Crippen LogP contribution in [0.25, 0.3) is 11.0 Å². The fraction of sp³-hybridized carbons (Fsp3) is 0.407. The zero-order valence-corrected chi connectivity index (χ0v) is 19.3. The molecule has 162 valence electrons. The van der Waals surface area contributed by atoms with Crippen LogP contribution in [0, 0.1) is 13.8 Å². The van der Waals surface area contributed by atoms with Gasteiger partial charge in [-0.25, -0.2) is 0 Å². The molecule has 1 amide bonds. The molecule has 2 heterocycles. The number of unbranched alkanes of at least 4 members (excludes halogenated alkanes) is 1. The van der Waals surface area contributed by atoms with Crippen LogP contribution in [0.3, 0.4) is 0 Å². The highest BCUT2D eigenvalue weighted by Crippen LogP contribution is 2.39. The number of benzene rings is 2. The van der Waals surface area contributed by atoms with E-state index in [1.807, 2.05) is 30.9 Å². The first-order chi connectivity index (χ1) is 14.6. The molecular formula is C27H31NO3. The van der Waals surface area contributed by atoms with Crippen molar-refractivity contribution in [1.82, 2.24) is 4.90 Å². The van der Waals surface area contributed by atoms with E-state index in [1.54, 1.807) is 0 Å². The van der Waals surface area contributed by atoms with Gasteiger partial charge < -0.3 is 9.32 Å². The van der Waals surface area contributed by atoms with Crippen molar-refractivity contribution in [2.45, 2.75) is 65.8 Å². The van der Waals surface area contributed by atoms with Gasteiger partial charge in [-0.15, -0.1) is 0 Å². The Morgan fingerprint density at radius 3 is 2.32 bits per heavy atom. The first kappa shape index (κ1) is 21.4. The second-order valence-electron chi connectivity index (χ2n) is 9.76. The molecule has 0 N–H and O–H groups in total. The van der Waals surface area contributed by atoms with Gasteiger partial charge in [-0.05, 0) is 54.0 Å². The second kappa shape index (κ2) is 7.67. The lowest BCUT2D eigenvalue weighted by molar-refractivity contribution is 0.0725. The van der Waals surface area contributed by atoms with Crippen molar-refractivity contribution in [2.75, 3.05) is 6.54 Å². The second-order valence-corrected chi connectivity index (χ2v) is 9.76. The smallest absolute Gasteiger partial charge is 0.290 e. The molecule has 0 saturated carbocycles. The van der Waals surface area contributed by atoms with E-state index in [2.05, 4.69) is 52.0 Å². The number of carbonyl (C=O) groups is 1. The van der Waals surface area contributed by atoms with Crippen molar-refractivity contribution in [3.8, 4) is 0 Å². The highest BCUT2D eigenvalue weighted by molar-refractivity contribution is 5.99. The SMILES string of the molecule is CCCCN1C(=O)c2oc3c(C)cc(C)cc3c(=O)c2C1c1ccc(C(C)(C)C)cc1. The highest BCUT2D eigenvalue weighted by Gasteiger charge is 2.42. The predicted molar refractivity (Wildman–Crippen MR) is 125 cm³/mol. The van der Waals surface area contributed by atoms with Gasteiger partial charge in [-0.1, -0.05) is 64.4 Å². The van der Waals surface area contributed by atoms with Crippen molar-refractivity contribution < 1.29 is 9.21 Å². The van der Waals surface area contributed by atoms with Crippen LogP contribution in [0.4, 0.5) is 0 Å². The van der Waals surface area contributed by atoms with E-state index in [-0.39, 0.29) is 22.5 Å². The highest BCUT2D eigenvalue weighted by atomic mass is 16.3. The Balaban J connectivity index is 1.94. The lowest BCUT2D eigenvalue weighted by Gasteiger charge is -2.26. The fourth-order valence-electron chi connectivity index (χ4n) is 4.55. The first-order valence-corrected chi connectivity index (χ1v) is 11.1. The summed E-state index contributed by atoms with van der Waals surface area (Å²) in [4.78, 5) is 28.9. The van der Waals surface area contributed by atoms with Gasteiger partial charge in [-0.3, -0.25) is 9.59 Å². The lowest BCUT2D eigenvalue weighted by atomic mass is 9.86. The number of hydrogen-bond donors (Lipinski definition) is 0. The molecule has 1 aliphatic rings. The summed E-state index contributed by atoms with van der Waals surface area (Å²) in [6, 6.07) is 11.8. The zero-order valence-electron chi connectivity index (χ0n) is 19.3. The summed E-state index contributed by atoms with van der Waals surface area (Å²) >= 11 is 0. The Bertz CT molecular complexity index is 1210. The molecular weight excluding hydrogens is 386 g/mol. The van der Waals surface area contributed by atoms with Crippen LogP contribution < -0.4 is 5.43 Å². The van der Waals surface area contributed by atoms with Gasteiger partial charge in [-0.2, -0.15) is 0 Å². The Hall–Kier alpha value is -2.88. The number of fused-ring (bicyclic) bond motifs is 2. The third-order valence-electron chi connectivity index (χ3n) is 6.24. The van der Waals surface area contributed by atoms with E-state index >= 15 is 0 Å². The third-order valence-corrected chi connectivity index (χ3v) is 6.24. The molecule has 4 rings (SSSR count). The Morgan fingerprint density at radius 1 is 1.03 bits per heavy atom. The number of aryl methyl sites for hydroxylation is 2. The molecule has 4 heteroatoms. The maximum atomic E-state index is 13.7. The van der Waals surface area contributed by atoms with Crippen molar-refractivity contribution in [2.24, 2.45) is 0 Å². The van der Waals surface area contributed by atoms with Crippen LogP contribution in [-0.2, 0) is 5.41 Å². The number of amides is 1. The molecule has 0 aliphatic carbocycles. The summed E-state index contributed by atoms with van der Waals surface area (Å²) in [5.74, 6) is 0.0118. The summed E-state index contributed by atoms with van der Waals surface area (Å²) in [5, 5.41) is 0.553. The van der Waals surface area contributed by atoms with Crippen LogP contribution in [0.1, 0.15) is 85.0 Å². The maximum Gasteiger partial charge on any atom is 0.290 e. The quantitative estimate of drug-likeness (QED) is 0.519. The molecule has 1 aliphatic heterocycles. The molecule has 0 radical (unpaired) electrons.